The molecule has 0 fully saturated rings. The highest BCUT2D eigenvalue weighted by Gasteiger charge is 2.08. The van der Waals surface area contributed by atoms with E-state index in [2.05, 4.69) is 15.0 Å². The molecule has 6 heteroatoms. The van der Waals surface area contributed by atoms with Gasteiger partial charge in [-0.25, -0.2) is 9.97 Å². The van der Waals surface area contributed by atoms with E-state index in [9.17, 15) is 0 Å². The maximum Gasteiger partial charge on any atom is 0.187 e. The van der Waals surface area contributed by atoms with Gasteiger partial charge in [0, 0.05) is 14.1 Å². The van der Waals surface area contributed by atoms with E-state index in [0.29, 0.717) is 11.5 Å². The minimum Gasteiger partial charge on any atom is -0.382 e. The van der Waals surface area contributed by atoms with Crippen molar-refractivity contribution in [2.24, 2.45) is 0 Å². The van der Waals surface area contributed by atoms with Crippen molar-refractivity contribution in [1.82, 2.24) is 15.0 Å². The van der Waals surface area contributed by atoms with Crippen molar-refractivity contribution in [3.63, 3.8) is 0 Å². The van der Waals surface area contributed by atoms with E-state index in [-0.39, 0.29) is 0 Å². The normalized spacial score (nSPS) is 10.6. The highest BCUT2D eigenvalue weighted by molar-refractivity contribution is 7.22. The van der Waals surface area contributed by atoms with Gasteiger partial charge in [-0.1, -0.05) is 11.3 Å². The summed E-state index contributed by atoms with van der Waals surface area (Å²) in [5, 5.41) is 0.891. The van der Waals surface area contributed by atoms with E-state index in [0.717, 1.165) is 9.83 Å². The van der Waals surface area contributed by atoms with Gasteiger partial charge in [0.25, 0.3) is 0 Å². The summed E-state index contributed by atoms with van der Waals surface area (Å²) in [4.78, 5) is 14.1. The Bertz CT molecular complexity index is 435. The number of aromatic nitrogens is 3. The summed E-state index contributed by atoms with van der Waals surface area (Å²) in [7, 11) is 3.86. The first kappa shape index (κ1) is 8.18. The van der Waals surface area contributed by atoms with Gasteiger partial charge in [-0.05, 0) is 0 Å². The zero-order valence-corrected chi connectivity index (χ0v) is 8.17. The molecule has 2 N–H and O–H groups in total. The van der Waals surface area contributed by atoms with Crippen LogP contribution in [0.15, 0.2) is 6.33 Å². The Morgan fingerprint density at radius 3 is 2.77 bits per heavy atom. The smallest absolute Gasteiger partial charge is 0.187 e. The van der Waals surface area contributed by atoms with Gasteiger partial charge in [-0.2, -0.15) is 4.98 Å². The monoisotopic (exact) mass is 195 g/mol. The van der Waals surface area contributed by atoms with Crippen LogP contribution >= 0.6 is 11.3 Å². The number of anilines is 2. The Balaban J connectivity index is 2.68. The van der Waals surface area contributed by atoms with Crippen LogP contribution in [0.25, 0.3) is 10.3 Å². The topological polar surface area (TPSA) is 67.9 Å². The molecule has 0 spiro atoms. The van der Waals surface area contributed by atoms with Crippen molar-refractivity contribution in [2.45, 2.75) is 0 Å². The molecule has 2 aromatic heterocycles. The number of rotatable bonds is 1. The molecule has 0 aromatic carbocycles. The van der Waals surface area contributed by atoms with Crippen molar-refractivity contribution in [2.75, 3.05) is 24.7 Å². The Kier molecular flexibility index (Phi) is 1.77. The maximum absolute atomic E-state index is 5.67. The first-order valence-electron chi connectivity index (χ1n) is 3.73. The third kappa shape index (κ3) is 1.29. The molecular formula is C7H9N5S. The molecule has 0 atom stereocenters. The minimum absolute atomic E-state index is 0.496. The number of nitrogens with two attached hydrogens (primary N) is 1. The van der Waals surface area contributed by atoms with Gasteiger partial charge in [0.05, 0.1) is 0 Å². The largest absolute Gasteiger partial charge is 0.382 e. The van der Waals surface area contributed by atoms with Gasteiger partial charge in [-0.15, -0.1) is 0 Å². The van der Waals surface area contributed by atoms with Gasteiger partial charge >= 0.3 is 0 Å². The lowest BCUT2D eigenvalue weighted by molar-refractivity contribution is 1.10. The van der Waals surface area contributed by atoms with Crippen molar-refractivity contribution in [3.05, 3.63) is 6.33 Å². The number of hydrogen-bond acceptors (Lipinski definition) is 6. The van der Waals surface area contributed by atoms with Gasteiger partial charge in [0.15, 0.2) is 10.8 Å². The zero-order chi connectivity index (χ0) is 9.42. The van der Waals surface area contributed by atoms with Gasteiger partial charge in [-0.3, -0.25) is 0 Å². The van der Waals surface area contributed by atoms with E-state index in [1.165, 1.54) is 17.7 Å². The molecule has 0 unspecified atom stereocenters. The van der Waals surface area contributed by atoms with E-state index in [1.54, 1.807) is 0 Å². The number of fused-ring (bicyclic) bond motifs is 1. The lowest BCUT2D eigenvalue weighted by atomic mass is 10.6. The Morgan fingerprint density at radius 2 is 2.15 bits per heavy atom. The Morgan fingerprint density at radius 1 is 1.38 bits per heavy atom. The van der Waals surface area contributed by atoms with Crippen LogP contribution in [-0.2, 0) is 0 Å². The number of nitrogen functional groups attached to an aromatic ring is 1. The minimum atomic E-state index is 0.496. The fourth-order valence-electron chi connectivity index (χ4n) is 0.951. The van der Waals surface area contributed by atoms with Crippen LogP contribution in [0, 0.1) is 0 Å². The van der Waals surface area contributed by atoms with Crippen molar-refractivity contribution >= 4 is 32.6 Å². The van der Waals surface area contributed by atoms with E-state index >= 15 is 0 Å². The molecule has 2 aromatic rings. The summed E-state index contributed by atoms with van der Waals surface area (Å²) >= 11 is 1.50. The molecule has 68 valence electrons. The first-order valence-corrected chi connectivity index (χ1v) is 4.54. The average molecular weight is 195 g/mol. The van der Waals surface area contributed by atoms with Crippen molar-refractivity contribution < 1.29 is 0 Å². The molecule has 5 nitrogen and oxygen atoms in total. The molecule has 0 amide bonds. The van der Waals surface area contributed by atoms with Crippen molar-refractivity contribution in [3.8, 4) is 0 Å². The third-order valence-corrected chi connectivity index (χ3v) is 2.82. The molecule has 13 heavy (non-hydrogen) atoms. The Labute approximate surface area is 79.2 Å². The highest BCUT2D eigenvalue weighted by Crippen LogP contribution is 2.28. The molecule has 0 aliphatic heterocycles. The second-order valence-electron chi connectivity index (χ2n) is 2.80. The van der Waals surface area contributed by atoms with Crippen LogP contribution in [0.2, 0.25) is 0 Å². The molecular weight excluding hydrogens is 186 g/mol. The van der Waals surface area contributed by atoms with E-state index < -0.39 is 0 Å². The zero-order valence-electron chi connectivity index (χ0n) is 7.35. The van der Waals surface area contributed by atoms with Crippen LogP contribution < -0.4 is 10.6 Å². The van der Waals surface area contributed by atoms with Gasteiger partial charge < -0.3 is 10.6 Å². The number of thiazole rings is 1. The molecule has 0 saturated heterocycles. The van der Waals surface area contributed by atoms with Crippen LogP contribution in [0.1, 0.15) is 0 Å². The van der Waals surface area contributed by atoms with Crippen LogP contribution in [-0.4, -0.2) is 29.0 Å². The van der Waals surface area contributed by atoms with Crippen molar-refractivity contribution in [1.29, 1.82) is 0 Å². The molecule has 0 aliphatic carbocycles. The maximum atomic E-state index is 5.67. The summed E-state index contributed by atoms with van der Waals surface area (Å²) in [6.45, 7) is 0. The van der Waals surface area contributed by atoms with Crippen LogP contribution in [0.5, 0.6) is 0 Å². The third-order valence-electron chi connectivity index (χ3n) is 1.59. The highest BCUT2D eigenvalue weighted by atomic mass is 32.1. The summed E-state index contributed by atoms with van der Waals surface area (Å²) < 4.78 is 0.853. The summed E-state index contributed by atoms with van der Waals surface area (Å²) in [6, 6.07) is 0. The molecule has 2 heterocycles. The van der Waals surface area contributed by atoms with Crippen LogP contribution in [0.3, 0.4) is 0 Å². The molecule has 0 aliphatic rings. The first-order chi connectivity index (χ1) is 6.18. The van der Waals surface area contributed by atoms with Gasteiger partial charge in [0.1, 0.15) is 16.8 Å². The number of nitrogens with zero attached hydrogens (tertiary/aromatic N) is 4. The van der Waals surface area contributed by atoms with E-state index in [1.807, 2.05) is 19.0 Å². The summed E-state index contributed by atoms with van der Waals surface area (Å²) in [6.07, 6.45) is 1.43. The number of hydrogen-bond donors (Lipinski definition) is 1. The quantitative estimate of drug-likeness (QED) is 0.726. The molecule has 0 radical (unpaired) electrons. The molecule has 0 bridgehead atoms. The Hall–Kier alpha value is -1.43. The lowest BCUT2D eigenvalue weighted by Crippen LogP contribution is -2.07. The second kappa shape index (κ2) is 2.81. The summed E-state index contributed by atoms with van der Waals surface area (Å²) in [5.74, 6) is 0.496. The fraction of sp³-hybridized carbons (Fsp3) is 0.286. The fourth-order valence-corrected chi connectivity index (χ4v) is 1.80. The molecule has 0 saturated carbocycles. The second-order valence-corrected chi connectivity index (χ2v) is 3.78. The lowest BCUT2D eigenvalue weighted by Gasteiger charge is -2.04. The van der Waals surface area contributed by atoms with Crippen LogP contribution in [0.4, 0.5) is 10.9 Å². The van der Waals surface area contributed by atoms with E-state index in [4.69, 9.17) is 5.73 Å². The SMILES string of the molecule is CN(C)c1nc2ncnc(N)c2s1. The van der Waals surface area contributed by atoms with Gasteiger partial charge in [0.2, 0.25) is 0 Å². The molecule has 2 rings (SSSR count). The predicted molar refractivity (Wildman–Crippen MR) is 53.9 cm³/mol. The average Bonchev–Trinajstić information content (AvgIpc) is 2.49. The standard InChI is InChI=1S/C7H9N5S/c1-12(2)7-11-6-4(13-7)5(8)9-3-10-6/h3H,1-2H3,(H2,8,9,10). The summed E-state index contributed by atoms with van der Waals surface area (Å²) in [5.41, 5.74) is 6.34. The predicted octanol–water partition coefficient (Wildman–Crippen LogP) is 0.735.